The van der Waals surface area contributed by atoms with Crippen molar-refractivity contribution >= 4 is 24.0 Å². The van der Waals surface area contributed by atoms with Gasteiger partial charge in [0.1, 0.15) is 17.7 Å². The molecular weight excluding hydrogens is 454 g/mol. The van der Waals surface area contributed by atoms with Crippen molar-refractivity contribution in [3.8, 4) is 0 Å². The zero-order valence-electron chi connectivity index (χ0n) is 23.4. The zero-order valence-corrected chi connectivity index (χ0v) is 23.4. The number of hydrogen-bond acceptors (Lipinski definition) is 4. The largest absolute Gasteiger partial charge is 0.444 e. The highest BCUT2D eigenvalue weighted by Gasteiger charge is 2.36. The zero-order chi connectivity index (χ0) is 27.3. The molecule has 1 aromatic carbocycles. The summed E-state index contributed by atoms with van der Waals surface area (Å²) in [5.74, 6) is -0.375. The number of ether oxygens (including phenoxy) is 1. The predicted molar refractivity (Wildman–Crippen MR) is 146 cm³/mol. The standard InChI is InChI=1S/C29H47N3O4/c1-9-12-17-30-26(33)25(23-16-14-15-22(11-3)20-23)32(18-13-10-2)27(34)24(19-21(4)5)31-28(35)36-29(6,7)8/h11,14-16,20-21,24-25H,3,9-10,12-13,17-19H2,1-2,4-8H3,(H,30,33)(H,31,35). The van der Waals surface area contributed by atoms with Gasteiger partial charge in [0.15, 0.2) is 0 Å². The lowest BCUT2D eigenvalue weighted by molar-refractivity contribution is -0.142. The lowest BCUT2D eigenvalue weighted by atomic mass is 9.97. The summed E-state index contributed by atoms with van der Waals surface area (Å²) < 4.78 is 5.44. The van der Waals surface area contributed by atoms with E-state index in [2.05, 4.69) is 24.1 Å². The first-order valence-electron chi connectivity index (χ1n) is 13.2. The molecule has 0 fully saturated rings. The topological polar surface area (TPSA) is 87.7 Å². The van der Waals surface area contributed by atoms with Gasteiger partial charge < -0.3 is 20.3 Å². The Kier molecular flexibility index (Phi) is 13.3. The van der Waals surface area contributed by atoms with Crippen molar-refractivity contribution < 1.29 is 19.1 Å². The van der Waals surface area contributed by atoms with Crippen LogP contribution in [0.4, 0.5) is 4.79 Å². The van der Waals surface area contributed by atoms with Crippen molar-refractivity contribution in [2.45, 2.75) is 98.3 Å². The third kappa shape index (κ3) is 10.8. The van der Waals surface area contributed by atoms with Crippen LogP contribution in [0.15, 0.2) is 30.8 Å². The van der Waals surface area contributed by atoms with Crippen LogP contribution in [0.5, 0.6) is 0 Å². The van der Waals surface area contributed by atoms with Crippen molar-refractivity contribution in [3.63, 3.8) is 0 Å². The fourth-order valence-electron chi connectivity index (χ4n) is 3.85. The smallest absolute Gasteiger partial charge is 0.408 e. The van der Waals surface area contributed by atoms with Gasteiger partial charge in [-0.3, -0.25) is 9.59 Å². The Morgan fingerprint density at radius 3 is 2.33 bits per heavy atom. The van der Waals surface area contributed by atoms with Crippen LogP contribution in [0.3, 0.4) is 0 Å². The second kappa shape index (κ2) is 15.3. The second-order valence-electron chi connectivity index (χ2n) is 10.6. The highest BCUT2D eigenvalue weighted by molar-refractivity contribution is 5.92. The first-order valence-corrected chi connectivity index (χ1v) is 13.2. The van der Waals surface area contributed by atoms with E-state index in [1.807, 2.05) is 45.0 Å². The maximum atomic E-state index is 14.0. The summed E-state index contributed by atoms with van der Waals surface area (Å²) in [6, 6.07) is 5.89. The number of amides is 3. The van der Waals surface area contributed by atoms with E-state index in [1.165, 1.54) is 0 Å². The Morgan fingerprint density at radius 1 is 1.11 bits per heavy atom. The van der Waals surface area contributed by atoms with Gasteiger partial charge in [0.25, 0.3) is 0 Å². The molecule has 0 radical (unpaired) electrons. The minimum Gasteiger partial charge on any atom is -0.444 e. The molecule has 0 aliphatic heterocycles. The van der Waals surface area contributed by atoms with Crippen molar-refractivity contribution in [1.29, 1.82) is 0 Å². The van der Waals surface area contributed by atoms with Crippen LogP contribution in [-0.4, -0.2) is 47.5 Å². The summed E-state index contributed by atoms with van der Waals surface area (Å²) in [5.41, 5.74) is 0.892. The number of benzene rings is 1. The van der Waals surface area contributed by atoms with Crippen molar-refractivity contribution in [1.82, 2.24) is 15.5 Å². The molecule has 2 atom stereocenters. The van der Waals surface area contributed by atoms with Crippen molar-refractivity contribution in [3.05, 3.63) is 42.0 Å². The highest BCUT2D eigenvalue weighted by atomic mass is 16.6. The third-order valence-corrected chi connectivity index (χ3v) is 5.58. The Bertz CT molecular complexity index is 860. The molecule has 0 heterocycles. The number of carbonyl (C=O) groups excluding carboxylic acids is 3. The van der Waals surface area contributed by atoms with Crippen LogP contribution < -0.4 is 10.6 Å². The van der Waals surface area contributed by atoms with Gasteiger partial charge in [-0.2, -0.15) is 0 Å². The summed E-state index contributed by atoms with van der Waals surface area (Å²) in [6.45, 7) is 18.2. The molecule has 2 unspecified atom stereocenters. The van der Waals surface area contributed by atoms with E-state index in [0.29, 0.717) is 25.1 Å². The van der Waals surface area contributed by atoms with Gasteiger partial charge in [0, 0.05) is 13.1 Å². The van der Waals surface area contributed by atoms with Crippen molar-refractivity contribution in [2.24, 2.45) is 5.92 Å². The molecule has 7 nitrogen and oxygen atoms in total. The summed E-state index contributed by atoms with van der Waals surface area (Å²) in [6.07, 6.45) is 4.89. The Hall–Kier alpha value is -2.83. The molecule has 36 heavy (non-hydrogen) atoms. The van der Waals surface area contributed by atoms with Crippen LogP contribution in [0.1, 0.15) is 97.7 Å². The molecule has 2 N–H and O–H groups in total. The van der Waals surface area contributed by atoms with Gasteiger partial charge >= 0.3 is 6.09 Å². The van der Waals surface area contributed by atoms with Crippen molar-refractivity contribution in [2.75, 3.05) is 13.1 Å². The molecule has 0 saturated carbocycles. The summed E-state index contributed by atoms with van der Waals surface area (Å²) in [7, 11) is 0. The molecule has 1 aromatic rings. The Morgan fingerprint density at radius 2 is 1.78 bits per heavy atom. The lowest BCUT2D eigenvalue weighted by Gasteiger charge is -2.35. The molecule has 0 aromatic heterocycles. The first-order chi connectivity index (χ1) is 16.9. The summed E-state index contributed by atoms with van der Waals surface area (Å²) in [5, 5.41) is 5.79. The molecule has 1 rings (SSSR count). The van der Waals surface area contributed by atoms with E-state index in [0.717, 1.165) is 31.2 Å². The molecule has 7 heteroatoms. The Labute approximate surface area is 218 Å². The van der Waals surface area contributed by atoms with Gasteiger partial charge in [-0.1, -0.05) is 71.4 Å². The SMILES string of the molecule is C=Cc1cccc(C(C(=O)NCCCC)N(CCCC)C(=O)C(CC(C)C)NC(=O)OC(C)(C)C)c1. The predicted octanol–water partition coefficient (Wildman–Crippen LogP) is 5.86. The minimum atomic E-state index is -0.823. The minimum absolute atomic E-state index is 0.142. The number of carbonyl (C=O) groups is 3. The van der Waals surface area contributed by atoms with Gasteiger partial charge in [-0.25, -0.2) is 4.79 Å². The number of hydrogen-bond donors (Lipinski definition) is 2. The van der Waals surface area contributed by atoms with E-state index in [1.54, 1.807) is 31.7 Å². The maximum absolute atomic E-state index is 14.0. The second-order valence-corrected chi connectivity index (χ2v) is 10.6. The summed E-state index contributed by atoms with van der Waals surface area (Å²) in [4.78, 5) is 41.8. The molecular formula is C29H47N3O4. The molecule has 0 saturated heterocycles. The molecule has 3 amide bonds. The molecule has 0 bridgehead atoms. The number of rotatable bonds is 14. The molecule has 0 aliphatic carbocycles. The number of nitrogens with zero attached hydrogens (tertiary/aromatic N) is 1. The average Bonchev–Trinajstić information content (AvgIpc) is 2.79. The molecule has 202 valence electrons. The number of alkyl carbamates (subject to hydrolysis) is 1. The van der Waals surface area contributed by atoms with Gasteiger partial charge in [0.2, 0.25) is 11.8 Å². The van der Waals surface area contributed by atoms with Crippen LogP contribution in [0.2, 0.25) is 0 Å². The summed E-state index contributed by atoms with van der Waals surface area (Å²) >= 11 is 0. The van der Waals surface area contributed by atoms with E-state index in [-0.39, 0.29) is 17.7 Å². The third-order valence-electron chi connectivity index (χ3n) is 5.58. The van der Waals surface area contributed by atoms with E-state index < -0.39 is 23.8 Å². The number of nitrogens with one attached hydrogen (secondary N) is 2. The molecule has 0 aliphatic rings. The van der Waals surface area contributed by atoms with E-state index in [4.69, 9.17) is 4.74 Å². The maximum Gasteiger partial charge on any atom is 0.408 e. The van der Waals surface area contributed by atoms with Gasteiger partial charge in [-0.05, 0) is 63.1 Å². The van der Waals surface area contributed by atoms with Crippen LogP contribution in [0.25, 0.3) is 6.08 Å². The van der Waals surface area contributed by atoms with Gasteiger partial charge in [-0.15, -0.1) is 0 Å². The van der Waals surface area contributed by atoms with Crippen LogP contribution in [-0.2, 0) is 14.3 Å². The van der Waals surface area contributed by atoms with Crippen LogP contribution >= 0.6 is 0 Å². The number of unbranched alkanes of at least 4 members (excludes halogenated alkanes) is 2. The average molecular weight is 502 g/mol. The quantitative estimate of drug-likeness (QED) is 0.313. The first kappa shape index (κ1) is 31.2. The normalized spacial score (nSPS) is 13.0. The highest BCUT2D eigenvalue weighted by Crippen LogP contribution is 2.26. The Balaban J connectivity index is 3.46. The van der Waals surface area contributed by atoms with Crippen LogP contribution in [0, 0.1) is 5.92 Å². The fourth-order valence-corrected chi connectivity index (χ4v) is 3.85. The fraction of sp³-hybridized carbons (Fsp3) is 0.621. The monoisotopic (exact) mass is 501 g/mol. The lowest BCUT2D eigenvalue weighted by Crippen LogP contribution is -2.53. The van der Waals surface area contributed by atoms with E-state index in [9.17, 15) is 14.4 Å². The molecule has 0 spiro atoms. The van der Waals surface area contributed by atoms with E-state index >= 15 is 0 Å². The van der Waals surface area contributed by atoms with Gasteiger partial charge in [0.05, 0.1) is 0 Å².